The average molecular weight is 2740 g/mol. The van der Waals surface area contributed by atoms with E-state index in [9.17, 15) is 53.9 Å². The first kappa shape index (κ1) is 149. The molecule has 9 aliphatic rings. The molecule has 6 nitrogen and oxygen atoms in total. The molecule has 150 heavy (non-hydrogen) atoms. The molecular formula is C126H156F9O6Y9-9. The van der Waals surface area contributed by atoms with Crippen LogP contribution in [-0.4, -0.2) is 17.9 Å². The van der Waals surface area contributed by atoms with Gasteiger partial charge in [-0.15, -0.1) is 96.6 Å². The van der Waals surface area contributed by atoms with Gasteiger partial charge in [0.2, 0.25) is 0 Å². The second-order valence-corrected chi connectivity index (χ2v) is 43.2. The quantitative estimate of drug-likeness (QED) is 0.0369. The van der Waals surface area contributed by atoms with Gasteiger partial charge in [0, 0.05) is 364 Å². The molecule has 9 aromatic carbocycles. The largest absolute Gasteiger partial charge is 0.453 e. The Kier molecular flexibility index (Phi) is 83.1. The molecule has 9 fully saturated rings. The van der Waals surface area contributed by atoms with Crippen molar-refractivity contribution in [3.05, 3.63) is 304 Å². The Labute approximate surface area is 1120 Å². The van der Waals surface area contributed by atoms with E-state index >= 15 is 0 Å². The number of carbonyl (C=O) groups is 3. The van der Waals surface area contributed by atoms with Crippen LogP contribution in [0, 0.1) is 196 Å². The maximum Gasteiger partial charge on any atom is 0.312 e. The molecule has 0 amide bonds. The van der Waals surface area contributed by atoms with Gasteiger partial charge in [-0.25, -0.2) is 39.5 Å². The van der Waals surface area contributed by atoms with Crippen LogP contribution in [0.15, 0.2) is 164 Å². The molecule has 795 valence electrons. The van der Waals surface area contributed by atoms with Gasteiger partial charge in [-0.3, -0.25) is 14.4 Å². The Balaban J connectivity index is 0.000000838. The minimum atomic E-state index is -0.866. The predicted molar refractivity (Wildman–Crippen MR) is 547 cm³/mol. The first-order chi connectivity index (χ1) is 67.9. The summed E-state index contributed by atoms with van der Waals surface area (Å²) in [6.07, 6.45) is 49.8. The number of ether oxygens (including phenoxy) is 3. The smallest absolute Gasteiger partial charge is 0.312 e. The number of benzene rings is 9. The van der Waals surface area contributed by atoms with Crippen LogP contribution < -0.4 is 14.2 Å². The zero-order valence-electron chi connectivity index (χ0n) is 90.7. The summed E-state index contributed by atoms with van der Waals surface area (Å²) in [7, 11) is 0. The molecule has 0 saturated heterocycles. The fraction of sp³-hybridized carbons (Fsp3) is 0.548. The van der Waals surface area contributed by atoms with Crippen LogP contribution in [0.2, 0.25) is 0 Å². The molecular weight excluding hydrogens is 2580 g/mol. The summed E-state index contributed by atoms with van der Waals surface area (Å²) in [6.45, 7) is 20.5. The zero-order valence-corrected chi connectivity index (χ0v) is 116. The number of carbonyl (C=O) groups excluding carboxylic acids is 3. The zero-order chi connectivity index (χ0) is 101. The Morgan fingerprint density at radius 1 is 0.227 bits per heavy atom. The summed E-state index contributed by atoms with van der Waals surface area (Å²) in [5.74, 6) is 6.73. The van der Waals surface area contributed by atoms with Crippen molar-refractivity contribution < 1.29 is 362 Å². The van der Waals surface area contributed by atoms with Gasteiger partial charge in [0.1, 0.15) is 0 Å². The number of aryl methyl sites for hydroxylation is 3. The van der Waals surface area contributed by atoms with Crippen LogP contribution in [0.4, 0.5) is 39.5 Å². The third kappa shape index (κ3) is 60.4. The average Bonchev–Trinajstić information content (AvgIpc) is 0.858. The van der Waals surface area contributed by atoms with Crippen LogP contribution in [0.25, 0.3) is 0 Å². The normalized spacial score (nSPS) is 24.2. The maximum absolute atomic E-state index is 13.0. The summed E-state index contributed by atoms with van der Waals surface area (Å²) in [6, 6.07) is 68.8. The van der Waals surface area contributed by atoms with E-state index in [2.05, 4.69) is 123 Å². The van der Waals surface area contributed by atoms with E-state index in [4.69, 9.17) is 14.2 Å². The second-order valence-electron chi connectivity index (χ2n) is 43.2. The van der Waals surface area contributed by atoms with E-state index in [1.54, 1.807) is 54.6 Å². The third-order valence-electron chi connectivity index (χ3n) is 31.1. The Hall–Kier alpha value is 0.695. The molecule has 0 N–H and O–H groups in total. The summed E-state index contributed by atoms with van der Waals surface area (Å²) in [5.41, 5.74) is 6.84. The van der Waals surface area contributed by atoms with E-state index < -0.39 is 46.7 Å². The van der Waals surface area contributed by atoms with Gasteiger partial charge in [-0.2, -0.15) is 137 Å². The molecule has 0 aliphatic heterocycles. The van der Waals surface area contributed by atoms with Gasteiger partial charge in [-0.1, -0.05) is 215 Å². The third-order valence-corrected chi connectivity index (χ3v) is 31.1. The van der Waals surface area contributed by atoms with E-state index in [1.807, 2.05) is 54.6 Å². The molecule has 24 heteroatoms. The van der Waals surface area contributed by atoms with E-state index in [0.29, 0.717) is 29.4 Å². The molecule has 0 atom stereocenters. The molecule has 0 bridgehead atoms. The molecule has 0 heterocycles. The number of hydrogen-bond acceptors (Lipinski definition) is 6. The van der Waals surface area contributed by atoms with Crippen LogP contribution in [0.1, 0.15) is 364 Å². The van der Waals surface area contributed by atoms with Crippen molar-refractivity contribution in [2.24, 2.45) is 88.8 Å². The van der Waals surface area contributed by atoms with Gasteiger partial charge < -0.3 is 14.2 Å². The van der Waals surface area contributed by atoms with Crippen molar-refractivity contribution in [3.8, 4) is 17.2 Å². The standard InChI is InChI=1S/C15H19F2.C15H20F.C15H21.C14H15F2O2.C14H16FO2.C14H17O2.C13H15F2.C13H16F.C13H17.9Y/c1-11-2-4-12(5-3-11)6-7-13-8-14(16)10-15(17)9-13;1-12-5-7-13(8-6-12)9-10-14-3-2-4-15(16)11-14;1-13-7-9-15(10-8-13)12-11-14-5-3-2-4-6-14;1-9-2-4-10(5-3-9)14(17)18-13-7-11(15)6-12(16)8-13;1-10-5-7-11(8-6-10)14(16)17-13-4-2-3-12(15)9-13;1-11-7-9-12(10-8-11)14(15)16-13-5-3-2-4-6-13;1-9-2-4-10(5-3-9)11-6-12(14)8-13(15)7-11;1-10-5-7-11(8-6-10)12-3-2-4-13(14)9-12;1-11-7-9-13(10-8-11)12-5-3-2-4-6-12;;;;;;;;;/h8-9,11-12H,2-7H2,1H3;2-3,11-13H,5-10H2,1H3;3-6,13,15H,7-12H2,1H3;7-10H,2-5H2,1H3;2,4,9-11H,5-8H2,1H3;3-6,11-12H,7-10H2,1H3;6-7,9-10H,2-5H2,1H3;2-3,9-11H,5-8H2,1H3;3-6,11,13H,7-10H2,1H3;;;;;;;;;/q9*-1;;;;;;;;;. The van der Waals surface area contributed by atoms with E-state index in [-0.39, 0.29) is 347 Å². The molecule has 9 saturated carbocycles. The monoisotopic (exact) mass is 2740 g/mol. The predicted octanol–water partition coefficient (Wildman–Crippen LogP) is 35.0. The molecule has 9 aliphatic carbocycles. The van der Waals surface area contributed by atoms with Gasteiger partial charge in [0.05, 0.1) is 17.8 Å². The SMILES string of the molecule is CC1CCC(C(=O)Oc2cc(F)[c-]c(F)c2)CC1.CC1CCC(C(=O)Oc2cc[c-]c(F)c2)CC1.CC1CCC(C(=O)Oc2cc[c-]cc2)CC1.CC1CCC(CCc2cc(F)[c-]c(F)c2)CC1.CC1CCC(CCc2cc[c-]c(F)c2)CC1.CC1CCC(CCc2cc[c-]cc2)CC1.CC1CCC(c2cc(F)[c-]c(F)c2)CC1.CC1CCC(c2cc[c-]c(F)c2)CC1.CC1CCC(c2cc[c-]cc2)CC1.[Y].[Y].[Y].[Y].[Y].[Y].[Y].[Y].[Y]. The summed E-state index contributed by atoms with van der Waals surface area (Å²) < 4.78 is 132. The second kappa shape index (κ2) is 83.8. The Bertz CT molecular complexity index is 4980. The van der Waals surface area contributed by atoms with E-state index in [1.165, 1.54) is 195 Å². The van der Waals surface area contributed by atoms with Crippen molar-refractivity contribution in [2.75, 3.05) is 0 Å². The fourth-order valence-corrected chi connectivity index (χ4v) is 21.3. The minimum Gasteiger partial charge on any atom is -0.453 e. The van der Waals surface area contributed by atoms with E-state index in [0.717, 1.165) is 221 Å². The Morgan fingerprint density at radius 3 is 0.807 bits per heavy atom. The van der Waals surface area contributed by atoms with Crippen LogP contribution >= 0.6 is 0 Å². The van der Waals surface area contributed by atoms with Crippen molar-refractivity contribution in [3.63, 3.8) is 0 Å². The van der Waals surface area contributed by atoms with Gasteiger partial charge in [0.15, 0.2) is 0 Å². The first-order valence-corrected chi connectivity index (χ1v) is 53.6. The van der Waals surface area contributed by atoms with Crippen LogP contribution in [0.3, 0.4) is 0 Å². The summed E-state index contributed by atoms with van der Waals surface area (Å²) in [4.78, 5) is 35.5. The molecule has 9 aromatic rings. The van der Waals surface area contributed by atoms with Crippen LogP contribution in [-0.2, 0) is 328 Å². The molecule has 18 rings (SSSR count). The first-order valence-electron chi connectivity index (χ1n) is 53.6. The molecule has 9 radical (unpaired) electrons. The number of hydrogen-bond donors (Lipinski definition) is 0. The van der Waals surface area contributed by atoms with Crippen molar-refractivity contribution in [1.29, 1.82) is 0 Å². The minimum absolute atomic E-state index is 0. The molecule has 0 spiro atoms. The van der Waals surface area contributed by atoms with Gasteiger partial charge >= 0.3 is 17.9 Å². The maximum atomic E-state index is 13.0. The number of esters is 3. The molecule has 0 unspecified atom stereocenters. The van der Waals surface area contributed by atoms with Crippen molar-refractivity contribution in [1.82, 2.24) is 0 Å². The molecule has 0 aromatic heterocycles. The summed E-state index contributed by atoms with van der Waals surface area (Å²) in [5, 5.41) is 0. The number of rotatable bonds is 18. The van der Waals surface area contributed by atoms with Crippen LogP contribution in [0.5, 0.6) is 17.2 Å². The van der Waals surface area contributed by atoms with Gasteiger partial charge in [0.25, 0.3) is 0 Å². The number of halogens is 9. The van der Waals surface area contributed by atoms with Crippen molar-refractivity contribution >= 4 is 17.9 Å². The van der Waals surface area contributed by atoms with Crippen molar-refractivity contribution in [2.45, 2.75) is 350 Å². The fourth-order valence-electron chi connectivity index (χ4n) is 21.3. The topological polar surface area (TPSA) is 78.9 Å². The van der Waals surface area contributed by atoms with Gasteiger partial charge in [-0.05, 0) is 224 Å². The Morgan fingerprint density at radius 2 is 0.453 bits per heavy atom. The summed E-state index contributed by atoms with van der Waals surface area (Å²) >= 11 is 0.